The maximum atomic E-state index is 4.93. The second-order valence-electron chi connectivity index (χ2n) is 10.6. The molecule has 2 heteroatoms. The first-order chi connectivity index (χ1) is 15.2. The first kappa shape index (κ1) is 17.9. The fourth-order valence-electron chi connectivity index (χ4n) is 7.67. The number of aromatic nitrogens is 2. The Morgan fingerprint density at radius 1 is 0.742 bits per heavy atom. The highest BCUT2D eigenvalue weighted by molar-refractivity contribution is 6.12. The van der Waals surface area contributed by atoms with E-state index in [0.29, 0.717) is 5.41 Å². The van der Waals surface area contributed by atoms with Crippen LogP contribution in [0.1, 0.15) is 49.9 Å². The summed E-state index contributed by atoms with van der Waals surface area (Å²) in [6, 6.07) is 22.4. The molecule has 0 unspecified atom stereocenters. The summed E-state index contributed by atoms with van der Waals surface area (Å²) in [5.41, 5.74) is 5.34. The van der Waals surface area contributed by atoms with E-state index < -0.39 is 0 Å². The Morgan fingerprint density at radius 3 is 2.13 bits per heavy atom. The first-order valence-corrected chi connectivity index (χ1v) is 11.9. The Balaban J connectivity index is 1.36. The molecule has 0 atom stereocenters. The van der Waals surface area contributed by atoms with Crippen LogP contribution >= 0.6 is 0 Å². The molecule has 0 saturated heterocycles. The molecule has 4 saturated carbocycles. The predicted molar refractivity (Wildman–Crippen MR) is 127 cm³/mol. The quantitative estimate of drug-likeness (QED) is 0.329. The summed E-state index contributed by atoms with van der Waals surface area (Å²) >= 11 is 0. The van der Waals surface area contributed by atoms with Gasteiger partial charge >= 0.3 is 0 Å². The second-order valence-corrected chi connectivity index (χ2v) is 10.6. The SMILES string of the molecule is Cc1nc(-c2ccc(C34CC5CC(CC(C5)C3)C4)cc2)c2c(ccc3ccccc32)n1. The van der Waals surface area contributed by atoms with Gasteiger partial charge in [-0.1, -0.05) is 54.6 Å². The molecule has 4 aromatic rings. The van der Waals surface area contributed by atoms with Crippen molar-refractivity contribution in [3.8, 4) is 11.3 Å². The molecule has 0 aliphatic heterocycles. The van der Waals surface area contributed by atoms with Gasteiger partial charge in [0, 0.05) is 10.9 Å². The molecule has 4 fully saturated rings. The summed E-state index contributed by atoms with van der Waals surface area (Å²) in [6.45, 7) is 2.00. The molecule has 0 radical (unpaired) electrons. The Morgan fingerprint density at radius 2 is 1.42 bits per heavy atom. The van der Waals surface area contributed by atoms with Crippen molar-refractivity contribution in [2.45, 2.75) is 50.9 Å². The van der Waals surface area contributed by atoms with Gasteiger partial charge in [-0.3, -0.25) is 0 Å². The minimum absolute atomic E-state index is 0.448. The minimum Gasteiger partial charge on any atom is -0.233 e. The number of nitrogens with zero attached hydrogens (tertiary/aromatic N) is 2. The molecule has 2 nitrogen and oxygen atoms in total. The average Bonchev–Trinajstić information content (AvgIpc) is 2.77. The third kappa shape index (κ3) is 2.70. The molecule has 1 heterocycles. The molecule has 3 aromatic carbocycles. The second kappa shape index (κ2) is 6.38. The van der Waals surface area contributed by atoms with Crippen LogP contribution in [0, 0.1) is 24.7 Å². The van der Waals surface area contributed by atoms with Crippen LogP contribution < -0.4 is 0 Å². The zero-order chi connectivity index (χ0) is 20.6. The van der Waals surface area contributed by atoms with Gasteiger partial charge in [0.2, 0.25) is 0 Å². The van der Waals surface area contributed by atoms with E-state index in [1.165, 1.54) is 60.2 Å². The van der Waals surface area contributed by atoms with Crippen LogP contribution in [0.4, 0.5) is 0 Å². The standard InChI is InChI=1S/C29H28N2/c1-18-30-26-11-8-22-4-2-3-5-25(22)27(26)28(31-18)23-6-9-24(10-7-23)29-15-19-12-20(16-29)14-21(13-19)17-29/h2-11,19-21H,12-17H2,1H3. The van der Waals surface area contributed by atoms with Crippen molar-refractivity contribution >= 4 is 21.7 Å². The summed E-state index contributed by atoms with van der Waals surface area (Å²) < 4.78 is 0. The van der Waals surface area contributed by atoms with Gasteiger partial charge in [-0.2, -0.15) is 0 Å². The van der Waals surface area contributed by atoms with Crippen molar-refractivity contribution < 1.29 is 0 Å². The zero-order valence-electron chi connectivity index (χ0n) is 18.1. The number of hydrogen-bond acceptors (Lipinski definition) is 2. The Labute approximate surface area is 183 Å². The maximum Gasteiger partial charge on any atom is 0.126 e. The number of fused-ring (bicyclic) bond motifs is 3. The van der Waals surface area contributed by atoms with E-state index in [4.69, 9.17) is 9.97 Å². The zero-order valence-corrected chi connectivity index (χ0v) is 18.1. The Bertz CT molecular complexity index is 1280. The van der Waals surface area contributed by atoms with Gasteiger partial charge < -0.3 is 0 Å². The van der Waals surface area contributed by atoms with Gasteiger partial charge in [0.15, 0.2) is 0 Å². The van der Waals surface area contributed by atoms with Crippen LogP contribution in [0.5, 0.6) is 0 Å². The van der Waals surface area contributed by atoms with Crippen molar-refractivity contribution in [3.05, 3.63) is 72.1 Å². The fraction of sp³-hybridized carbons (Fsp3) is 0.379. The number of aryl methyl sites for hydroxylation is 1. The molecule has 1 aromatic heterocycles. The van der Waals surface area contributed by atoms with Crippen LogP contribution in [-0.2, 0) is 5.41 Å². The molecular weight excluding hydrogens is 376 g/mol. The normalized spacial score (nSPS) is 29.1. The molecule has 0 spiro atoms. The van der Waals surface area contributed by atoms with Crippen molar-refractivity contribution in [3.63, 3.8) is 0 Å². The van der Waals surface area contributed by atoms with E-state index in [1.807, 2.05) is 6.92 Å². The van der Waals surface area contributed by atoms with Crippen LogP contribution in [-0.4, -0.2) is 9.97 Å². The Hall–Kier alpha value is -2.74. The lowest BCUT2D eigenvalue weighted by Crippen LogP contribution is -2.48. The molecular formula is C29H28N2. The molecule has 0 amide bonds. The number of rotatable bonds is 2. The van der Waals surface area contributed by atoms with Gasteiger partial charge in [-0.25, -0.2) is 9.97 Å². The third-order valence-electron chi connectivity index (χ3n) is 8.51. The van der Waals surface area contributed by atoms with Crippen LogP contribution in [0.25, 0.3) is 32.9 Å². The van der Waals surface area contributed by atoms with Crippen LogP contribution in [0.3, 0.4) is 0 Å². The third-order valence-corrected chi connectivity index (χ3v) is 8.51. The average molecular weight is 405 g/mol. The summed E-state index contributed by atoms with van der Waals surface area (Å²) in [5, 5.41) is 3.65. The highest BCUT2D eigenvalue weighted by Crippen LogP contribution is 2.60. The van der Waals surface area contributed by atoms with E-state index in [2.05, 4.69) is 60.7 Å². The lowest BCUT2D eigenvalue weighted by Gasteiger charge is -2.57. The fourth-order valence-corrected chi connectivity index (χ4v) is 7.67. The van der Waals surface area contributed by atoms with E-state index >= 15 is 0 Å². The van der Waals surface area contributed by atoms with Gasteiger partial charge in [-0.15, -0.1) is 0 Å². The van der Waals surface area contributed by atoms with Crippen molar-refractivity contribution in [2.75, 3.05) is 0 Å². The van der Waals surface area contributed by atoms with Crippen LogP contribution in [0.15, 0.2) is 60.7 Å². The smallest absolute Gasteiger partial charge is 0.126 e. The molecule has 31 heavy (non-hydrogen) atoms. The molecule has 4 aliphatic carbocycles. The number of hydrogen-bond donors (Lipinski definition) is 0. The summed E-state index contributed by atoms with van der Waals surface area (Å²) in [7, 11) is 0. The summed E-state index contributed by atoms with van der Waals surface area (Å²) in [6.07, 6.45) is 8.74. The minimum atomic E-state index is 0.448. The largest absolute Gasteiger partial charge is 0.233 e. The van der Waals surface area contributed by atoms with Crippen molar-refractivity contribution in [1.29, 1.82) is 0 Å². The summed E-state index contributed by atoms with van der Waals surface area (Å²) in [5.74, 6) is 3.77. The van der Waals surface area contributed by atoms with E-state index in [-0.39, 0.29) is 0 Å². The monoisotopic (exact) mass is 404 g/mol. The lowest BCUT2D eigenvalue weighted by atomic mass is 9.48. The number of benzene rings is 3. The molecule has 8 rings (SSSR count). The Kier molecular flexibility index (Phi) is 3.69. The van der Waals surface area contributed by atoms with Crippen molar-refractivity contribution in [1.82, 2.24) is 9.97 Å². The van der Waals surface area contributed by atoms with Gasteiger partial charge in [0.1, 0.15) is 5.82 Å². The van der Waals surface area contributed by atoms with Gasteiger partial charge in [-0.05, 0) is 91.0 Å². The molecule has 4 bridgehead atoms. The van der Waals surface area contributed by atoms with E-state index in [9.17, 15) is 0 Å². The first-order valence-electron chi connectivity index (χ1n) is 11.9. The maximum absolute atomic E-state index is 4.93. The molecule has 154 valence electrons. The highest BCUT2D eigenvalue weighted by atomic mass is 14.9. The molecule has 0 N–H and O–H groups in total. The van der Waals surface area contributed by atoms with E-state index in [1.54, 1.807) is 5.56 Å². The lowest BCUT2D eigenvalue weighted by molar-refractivity contribution is -0.00518. The van der Waals surface area contributed by atoms with Crippen molar-refractivity contribution in [2.24, 2.45) is 17.8 Å². The predicted octanol–water partition coefficient (Wildman–Crippen LogP) is 7.23. The van der Waals surface area contributed by atoms with Gasteiger partial charge in [0.05, 0.1) is 11.2 Å². The van der Waals surface area contributed by atoms with Crippen LogP contribution in [0.2, 0.25) is 0 Å². The molecule has 4 aliphatic rings. The highest BCUT2D eigenvalue weighted by Gasteiger charge is 2.51. The summed E-state index contributed by atoms with van der Waals surface area (Å²) in [4.78, 5) is 9.68. The topological polar surface area (TPSA) is 25.8 Å². The van der Waals surface area contributed by atoms with E-state index in [0.717, 1.165) is 34.8 Å². The van der Waals surface area contributed by atoms with Gasteiger partial charge in [0.25, 0.3) is 0 Å².